The van der Waals surface area contributed by atoms with E-state index in [1.807, 2.05) is 0 Å². The molecule has 4 rings (SSSR count). The number of carbonyl (C=O) groups is 2. The topological polar surface area (TPSA) is 119 Å². The zero-order valence-corrected chi connectivity index (χ0v) is 14.4. The van der Waals surface area contributed by atoms with Crippen molar-refractivity contribution < 1.29 is 14.0 Å². The fraction of sp³-hybridized carbons (Fsp3) is 0.294. The lowest BCUT2D eigenvalue weighted by Gasteiger charge is -2.34. The van der Waals surface area contributed by atoms with Crippen molar-refractivity contribution in [2.24, 2.45) is 0 Å². The van der Waals surface area contributed by atoms with Gasteiger partial charge in [0.15, 0.2) is 6.39 Å². The first-order valence-electron chi connectivity index (χ1n) is 8.56. The lowest BCUT2D eigenvalue weighted by molar-refractivity contribution is -0.121. The monoisotopic (exact) mass is 367 g/mol. The summed E-state index contributed by atoms with van der Waals surface area (Å²) in [6.07, 6.45) is 6.40. The van der Waals surface area contributed by atoms with Crippen LogP contribution in [-0.2, 0) is 4.79 Å². The van der Waals surface area contributed by atoms with E-state index in [2.05, 4.69) is 25.8 Å². The molecule has 1 atom stereocenters. The highest BCUT2D eigenvalue weighted by molar-refractivity contribution is 6.00. The van der Waals surface area contributed by atoms with Crippen LogP contribution >= 0.6 is 0 Å². The van der Waals surface area contributed by atoms with Crippen molar-refractivity contribution >= 4 is 17.5 Å². The van der Waals surface area contributed by atoms with Gasteiger partial charge in [0.25, 0.3) is 5.91 Å². The van der Waals surface area contributed by atoms with Gasteiger partial charge in [-0.2, -0.15) is 0 Å². The number of hydrogen-bond donors (Lipinski definition) is 1. The number of likely N-dealkylation sites (tertiary alicyclic amines) is 1. The maximum absolute atomic E-state index is 12.8. The molecule has 3 aromatic rings. The third-order valence-corrected chi connectivity index (χ3v) is 4.46. The standard InChI is InChI=1S/C17H17N7O3/c25-16(20-12-4-6-13(7-5-12)24-10-19-21-22-24)14-3-1-2-8-23(14)17(26)15-9-18-11-27-15/h4-7,9-11,14H,1-3,8H2,(H,20,25)/t14-/m1/s1. The Bertz CT molecular complexity index is 907. The highest BCUT2D eigenvalue weighted by Gasteiger charge is 2.33. The Labute approximate surface area is 154 Å². The summed E-state index contributed by atoms with van der Waals surface area (Å²) in [5.41, 5.74) is 1.41. The van der Waals surface area contributed by atoms with Crippen LogP contribution in [0.2, 0.25) is 0 Å². The molecule has 0 spiro atoms. The van der Waals surface area contributed by atoms with Crippen LogP contribution in [0.5, 0.6) is 0 Å². The van der Waals surface area contributed by atoms with Crippen molar-refractivity contribution in [1.82, 2.24) is 30.1 Å². The molecule has 0 saturated carbocycles. The average molecular weight is 367 g/mol. The maximum Gasteiger partial charge on any atom is 0.291 e. The molecule has 3 heterocycles. The number of nitrogens with one attached hydrogen (secondary N) is 1. The molecule has 2 aromatic heterocycles. The number of rotatable bonds is 4. The Morgan fingerprint density at radius 1 is 1.19 bits per heavy atom. The van der Waals surface area contributed by atoms with Gasteiger partial charge in [0.2, 0.25) is 11.7 Å². The summed E-state index contributed by atoms with van der Waals surface area (Å²) in [4.78, 5) is 30.7. The second-order valence-electron chi connectivity index (χ2n) is 6.17. The van der Waals surface area contributed by atoms with Crippen molar-refractivity contribution in [3.8, 4) is 5.69 Å². The molecule has 0 aliphatic carbocycles. The zero-order valence-electron chi connectivity index (χ0n) is 14.4. The molecule has 1 N–H and O–H groups in total. The number of oxazole rings is 1. The van der Waals surface area contributed by atoms with Gasteiger partial charge in [0.1, 0.15) is 12.4 Å². The van der Waals surface area contributed by atoms with E-state index in [0.29, 0.717) is 18.7 Å². The van der Waals surface area contributed by atoms with Crippen LogP contribution in [0.25, 0.3) is 5.69 Å². The number of piperidine rings is 1. The summed E-state index contributed by atoms with van der Waals surface area (Å²) in [7, 11) is 0. The molecule has 1 fully saturated rings. The van der Waals surface area contributed by atoms with Crippen molar-refractivity contribution in [1.29, 1.82) is 0 Å². The fourth-order valence-corrected chi connectivity index (χ4v) is 3.11. The molecule has 1 saturated heterocycles. The second kappa shape index (κ2) is 7.36. The summed E-state index contributed by atoms with van der Waals surface area (Å²) >= 11 is 0. The van der Waals surface area contributed by atoms with E-state index in [0.717, 1.165) is 18.5 Å². The largest absolute Gasteiger partial charge is 0.438 e. The molecule has 2 amide bonds. The molecule has 138 valence electrons. The van der Waals surface area contributed by atoms with Gasteiger partial charge in [-0.15, -0.1) is 5.10 Å². The number of carbonyl (C=O) groups excluding carboxylic acids is 2. The number of benzene rings is 1. The van der Waals surface area contributed by atoms with Crippen LogP contribution in [0.3, 0.4) is 0 Å². The van der Waals surface area contributed by atoms with E-state index >= 15 is 0 Å². The minimum absolute atomic E-state index is 0.139. The van der Waals surface area contributed by atoms with Crippen molar-refractivity contribution in [3.63, 3.8) is 0 Å². The van der Waals surface area contributed by atoms with E-state index in [1.54, 1.807) is 29.2 Å². The van der Waals surface area contributed by atoms with Crippen LogP contribution in [0, 0.1) is 0 Å². The summed E-state index contributed by atoms with van der Waals surface area (Å²) in [6, 6.07) is 6.57. The van der Waals surface area contributed by atoms with Gasteiger partial charge in [0, 0.05) is 12.2 Å². The van der Waals surface area contributed by atoms with Crippen molar-refractivity contribution in [2.75, 3.05) is 11.9 Å². The Hall–Kier alpha value is -3.56. The fourth-order valence-electron chi connectivity index (χ4n) is 3.11. The number of tetrazole rings is 1. The maximum atomic E-state index is 12.8. The van der Waals surface area contributed by atoms with E-state index < -0.39 is 6.04 Å². The molecule has 10 nitrogen and oxygen atoms in total. The lowest BCUT2D eigenvalue weighted by atomic mass is 10.0. The molecule has 27 heavy (non-hydrogen) atoms. The average Bonchev–Trinajstić information content (AvgIpc) is 3.42. The highest BCUT2D eigenvalue weighted by Crippen LogP contribution is 2.21. The molecule has 1 aromatic carbocycles. The molecular formula is C17H17N7O3. The number of hydrogen-bond acceptors (Lipinski definition) is 7. The smallest absolute Gasteiger partial charge is 0.291 e. The third kappa shape index (κ3) is 3.54. The first kappa shape index (κ1) is 16.9. The van der Waals surface area contributed by atoms with Crippen LogP contribution < -0.4 is 5.32 Å². The van der Waals surface area contributed by atoms with Gasteiger partial charge in [0.05, 0.1) is 11.9 Å². The minimum Gasteiger partial charge on any atom is -0.438 e. The summed E-state index contributed by atoms with van der Waals surface area (Å²) in [5, 5.41) is 13.9. The Morgan fingerprint density at radius 3 is 2.74 bits per heavy atom. The molecule has 1 aliphatic rings. The van der Waals surface area contributed by atoms with Crippen LogP contribution in [0.15, 0.2) is 47.6 Å². The van der Waals surface area contributed by atoms with E-state index in [9.17, 15) is 9.59 Å². The van der Waals surface area contributed by atoms with Gasteiger partial charge in [-0.3, -0.25) is 9.59 Å². The lowest BCUT2D eigenvalue weighted by Crippen LogP contribution is -2.49. The molecular weight excluding hydrogens is 350 g/mol. The van der Waals surface area contributed by atoms with Crippen LogP contribution in [0.4, 0.5) is 5.69 Å². The van der Waals surface area contributed by atoms with Gasteiger partial charge in [-0.25, -0.2) is 9.67 Å². The molecule has 1 aliphatic heterocycles. The third-order valence-electron chi connectivity index (χ3n) is 4.46. The molecule has 0 radical (unpaired) electrons. The Balaban J connectivity index is 1.46. The summed E-state index contributed by atoms with van der Waals surface area (Å²) in [6.45, 7) is 0.510. The highest BCUT2D eigenvalue weighted by atomic mass is 16.3. The predicted molar refractivity (Wildman–Crippen MR) is 93.0 cm³/mol. The number of amides is 2. The summed E-state index contributed by atoms with van der Waals surface area (Å²) in [5.74, 6) is -0.403. The van der Waals surface area contributed by atoms with Crippen LogP contribution in [-0.4, -0.2) is 54.5 Å². The van der Waals surface area contributed by atoms with Crippen LogP contribution in [0.1, 0.15) is 29.8 Å². The molecule has 0 bridgehead atoms. The van der Waals surface area contributed by atoms with Gasteiger partial charge in [-0.05, 0) is 54.0 Å². The summed E-state index contributed by atoms with van der Waals surface area (Å²) < 4.78 is 6.61. The van der Waals surface area contributed by atoms with Gasteiger partial charge < -0.3 is 14.6 Å². The normalized spacial score (nSPS) is 16.9. The van der Waals surface area contributed by atoms with E-state index in [4.69, 9.17) is 4.42 Å². The number of nitrogens with zero attached hydrogens (tertiary/aromatic N) is 6. The second-order valence-corrected chi connectivity index (χ2v) is 6.17. The number of anilines is 1. The quantitative estimate of drug-likeness (QED) is 0.738. The molecule has 0 unspecified atom stereocenters. The number of aromatic nitrogens is 5. The zero-order chi connectivity index (χ0) is 18.6. The van der Waals surface area contributed by atoms with Gasteiger partial charge >= 0.3 is 0 Å². The van der Waals surface area contributed by atoms with E-state index in [1.165, 1.54) is 23.6 Å². The molecule has 10 heteroatoms. The minimum atomic E-state index is -0.546. The van der Waals surface area contributed by atoms with Crippen molar-refractivity contribution in [2.45, 2.75) is 25.3 Å². The Kier molecular flexibility index (Phi) is 4.60. The first-order chi connectivity index (χ1) is 13.2. The van der Waals surface area contributed by atoms with Gasteiger partial charge in [-0.1, -0.05) is 0 Å². The first-order valence-corrected chi connectivity index (χ1v) is 8.56. The van der Waals surface area contributed by atoms with E-state index in [-0.39, 0.29) is 17.6 Å². The predicted octanol–water partition coefficient (Wildman–Crippen LogP) is 1.28. The SMILES string of the molecule is O=C(Nc1ccc(-n2cnnn2)cc1)[C@H]1CCCCN1C(=O)c1cnco1. The Morgan fingerprint density at radius 2 is 2.04 bits per heavy atom. The van der Waals surface area contributed by atoms with Crippen molar-refractivity contribution in [3.05, 3.63) is 48.9 Å².